The maximum atomic E-state index is 2.72. The van der Waals surface area contributed by atoms with Gasteiger partial charge in [0.1, 0.15) is 0 Å². The van der Waals surface area contributed by atoms with E-state index in [9.17, 15) is 0 Å². The number of fused-ring (bicyclic) bond motifs is 16. The zero-order valence-corrected chi connectivity index (χ0v) is 64.6. The lowest BCUT2D eigenvalue weighted by atomic mass is 9.33. The van der Waals surface area contributed by atoms with Crippen LogP contribution in [-0.2, 0) is 27.1 Å². The number of rotatable bonds is 6. The van der Waals surface area contributed by atoms with Gasteiger partial charge in [-0.15, -0.1) is 22.7 Å². The molecule has 2 aliphatic rings. The molecule has 0 fully saturated rings. The van der Waals surface area contributed by atoms with E-state index < -0.39 is 0 Å². The van der Waals surface area contributed by atoms with Crippen LogP contribution < -0.4 is 26.2 Å². The first-order valence-corrected chi connectivity index (χ1v) is 39.1. The van der Waals surface area contributed by atoms with E-state index in [2.05, 4.69) is 378 Å². The number of thiophene rings is 2. The molecule has 0 saturated carbocycles. The summed E-state index contributed by atoms with van der Waals surface area (Å²) < 4.78 is 10.2. The molecule has 17 aromatic rings. The van der Waals surface area contributed by atoms with Crippen LogP contribution in [0.5, 0.6) is 0 Å². The van der Waals surface area contributed by atoms with Crippen LogP contribution in [-0.4, -0.2) is 15.8 Å². The highest BCUT2D eigenvalue weighted by molar-refractivity contribution is 7.26. The van der Waals surface area contributed by atoms with Crippen molar-refractivity contribution in [1.82, 2.24) is 9.13 Å². The highest BCUT2D eigenvalue weighted by Gasteiger charge is 2.46. The SMILES string of the molecule is CC(C)(C)c1cc2c3c(c1)N(c1cccc4sc5ccc(-c6ccccc6)cc5c14)c1cc(-n4c5ccc(C(C)(C)C)cc5c5cc(C(C)(C)C)ccc54)ccc1B3c1ccc(-n3c4ccc(C(C)(C)C)cc4c4cc(C(C)(C)C)ccc43)cc1N2c1cccc2sc3ccc(-c4ccccc4)cc3c12. The zero-order valence-electron chi connectivity index (χ0n) is 62.9. The Balaban J connectivity index is 0.944. The molecule has 0 radical (unpaired) electrons. The third-order valence-corrected chi connectivity index (χ3v) is 25.3. The second-order valence-electron chi connectivity index (χ2n) is 35.0. The number of anilines is 6. The predicted molar refractivity (Wildman–Crippen MR) is 459 cm³/mol. The van der Waals surface area contributed by atoms with Crippen molar-refractivity contribution in [2.24, 2.45) is 0 Å². The van der Waals surface area contributed by atoms with E-state index in [0.717, 1.165) is 11.4 Å². The number of aromatic nitrogens is 2. The Morgan fingerprint density at radius 1 is 0.248 bits per heavy atom. The maximum absolute atomic E-state index is 2.72. The molecule has 0 amide bonds. The molecule has 514 valence electrons. The molecule has 0 N–H and O–H groups in total. The van der Waals surface area contributed by atoms with E-state index in [-0.39, 0.29) is 33.8 Å². The lowest BCUT2D eigenvalue weighted by Gasteiger charge is -2.45. The number of nitrogens with zero attached hydrogens (tertiary/aromatic N) is 4. The Hall–Kier alpha value is -10.4. The van der Waals surface area contributed by atoms with Gasteiger partial charge in [-0.25, -0.2) is 0 Å². The molecule has 7 heteroatoms. The van der Waals surface area contributed by atoms with Crippen molar-refractivity contribution in [2.75, 3.05) is 9.80 Å². The fourth-order valence-electron chi connectivity index (χ4n) is 17.3. The van der Waals surface area contributed by atoms with Crippen LogP contribution in [0.1, 0.15) is 132 Å². The lowest BCUT2D eigenvalue weighted by Crippen LogP contribution is -2.61. The van der Waals surface area contributed by atoms with E-state index >= 15 is 0 Å². The summed E-state index contributed by atoms with van der Waals surface area (Å²) in [6.45, 7) is 35.1. The molecule has 6 heterocycles. The van der Waals surface area contributed by atoms with Gasteiger partial charge < -0.3 is 18.9 Å². The second kappa shape index (κ2) is 23.0. The molecular weight excluding hydrogens is 1310 g/mol. The minimum atomic E-state index is -0.276. The van der Waals surface area contributed by atoms with Gasteiger partial charge in [-0.05, 0) is 227 Å². The van der Waals surface area contributed by atoms with Gasteiger partial charge in [0.25, 0.3) is 6.71 Å². The van der Waals surface area contributed by atoms with Crippen molar-refractivity contribution >= 4 is 164 Å². The van der Waals surface area contributed by atoms with E-state index in [1.54, 1.807) is 0 Å². The van der Waals surface area contributed by atoms with E-state index in [4.69, 9.17) is 0 Å². The highest BCUT2D eigenvalue weighted by atomic mass is 32.1. The standard InChI is InChI=1S/C98H87BN4S2/c1-94(2,3)62-34-42-77-69(50-62)70-51-63(95(4,5)6)35-43-78(70)100(77)67-38-40-75-83(56-67)102(81-28-22-30-89-91(81)73-48-60(32-46-87(73)104-89)58-24-18-16-19-25-58)85-54-66(98(13,14)15)55-86-93(85)99(75)76-41-39-68(101-79-44-36-64(96(7,8)9)52-71(79)72-53-65(97(10,11)12)37-45-80(72)101)57-84(76)103(86)82-29-23-31-90-92(82)74-49-61(33-47-88(74)105-90)59-26-20-17-21-27-59/h16-57H,1-15H3. The quantitative estimate of drug-likeness (QED) is 0.154. The highest BCUT2D eigenvalue weighted by Crippen LogP contribution is 2.54. The normalized spacial score (nSPS) is 13.6. The third kappa shape index (κ3) is 10.3. The van der Waals surface area contributed by atoms with Crippen LogP contribution in [0, 0.1) is 0 Å². The fraction of sp³-hybridized carbons (Fsp3) is 0.204. The van der Waals surface area contributed by atoms with Gasteiger partial charge in [0.15, 0.2) is 0 Å². The molecule has 19 rings (SSSR count). The Morgan fingerprint density at radius 3 is 0.943 bits per heavy atom. The number of benzene rings is 13. The van der Waals surface area contributed by atoms with Gasteiger partial charge in [-0.2, -0.15) is 0 Å². The van der Waals surface area contributed by atoms with Crippen molar-refractivity contribution in [1.29, 1.82) is 0 Å². The molecule has 4 aromatic heterocycles. The average Bonchev–Trinajstić information content (AvgIpc) is 1.32. The average molecular weight is 1400 g/mol. The van der Waals surface area contributed by atoms with Crippen LogP contribution >= 0.6 is 22.7 Å². The monoisotopic (exact) mass is 1390 g/mol. The third-order valence-electron chi connectivity index (χ3n) is 23.1. The number of hydrogen-bond acceptors (Lipinski definition) is 4. The Kier molecular flexibility index (Phi) is 14.3. The van der Waals surface area contributed by atoms with Crippen molar-refractivity contribution in [3.63, 3.8) is 0 Å². The van der Waals surface area contributed by atoms with Crippen LogP contribution in [0.4, 0.5) is 34.1 Å². The van der Waals surface area contributed by atoms with Gasteiger partial charge in [0.05, 0.1) is 33.4 Å². The van der Waals surface area contributed by atoms with Gasteiger partial charge >= 0.3 is 0 Å². The molecule has 0 spiro atoms. The molecule has 0 unspecified atom stereocenters. The maximum Gasteiger partial charge on any atom is 0.252 e. The van der Waals surface area contributed by atoms with Crippen LogP contribution in [0.25, 0.3) is 118 Å². The molecule has 0 atom stereocenters. The van der Waals surface area contributed by atoms with E-state index in [0.29, 0.717) is 0 Å². The molecule has 105 heavy (non-hydrogen) atoms. The Bertz CT molecular complexity index is 5970. The first-order chi connectivity index (χ1) is 50.2. The minimum absolute atomic E-state index is 0.0399. The smallest absolute Gasteiger partial charge is 0.252 e. The number of hydrogen-bond donors (Lipinski definition) is 0. The largest absolute Gasteiger partial charge is 0.311 e. The lowest BCUT2D eigenvalue weighted by molar-refractivity contribution is 0.590. The van der Waals surface area contributed by atoms with Crippen molar-refractivity contribution in [2.45, 2.75) is 131 Å². The summed E-state index contributed by atoms with van der Waals surface area (Å²) in [5, 5.41) is 10.2. The van der Waals surface area contributed by atoms with E-state index in [1.165, 1.54) is 185 Å². The summed E-state index contributed by atoms with van der Waals surface area (Å²) in [6, 6.07) is 99.5. The first kappa shape index (κ1) is 65.3. The van der Waals surface area contributed by atoms with Crippen LogP contribution in [0.2, 0.25) is 0 Å². The van der Waals surface area contributed by atoms with Gasteiger partial charge in [0.2, 0.25) is 0 Å². The molecule has 4 nitrogen and oxygen atoms in total. The molecule has 0 bridgehead atoms. The Morgan fingerprint density at radius 2 is 0.600 bits per heavy atom. The van der Waals surface area contributed by atoms with Gasteiger partial charge in [0, 0.05) is 96.0 Å². The molecule has 13 aromatic carbocycles. The molecule has 0 saturated heterocycles. The van der Waals surface area contributed by atoms with Crippen LogP contribution in [0.3, 0.4) is 0 Å². The second-order valence-corrected chi connectivity index (χ2v) is 37.2. The Labute approximate surface area is 625 Å². The predicted octanol–water partition coefficient (Wildman–Crippen LogP) is 26.5. The summed E-state index contributed by atoms with van der Waals surface area (Å²) >= 11 is 3.80. The minimum Gasteiger partial charge on any atom is -0.311 e. The zero-order chi connectivity index (χ0) is 72.3. The summed E-state index contributed by atoms with van der Waals surface area (Å²) in [4.78, 5) is 5.44. The van der Waals surface area contributed by atoms with Crippen molar-refractivity contribution in [3.05, 3.63) is 283 Å². The van der Waals surface area contributed by atoms with Crippen molar-refractivity contribution in [3.8, 4) is 33.6 Å². The topological polar surface area (TPSA) is 16.3 Å². The van der Waals surface area contributed by atoms with Gasteiger partial charge in [-0.3, -0.25) is 0 Å². The summed E-state index contributed by atoms with van der Waals surface area (Å²) in [5.74, 6) is 0. The summed E-state index contributed by atoms with van der Waals surface area (Å²) in [5.41, 5.74) is 29.0. The summed E-state index contributed by atoms with van der Waals surface area (Å²) in [7, 11) is 0. The van der Waals surface area contributed by atoms with Crippen molar-refractivity contribution < 1.29 is 0 Å². The molecule has 0 aliphatic carbocycles. The van der Waals surface area contributed by atoms with Gasteiger partial charge in [-0.1, -0.05) is 225 Å². The molecular formula is C98H87BN4S2. The van der Waals surface area contributed by atoms with Crippen LogP contribution in [0.15, 0.2) is 255 Å². The molecule has 2 aliphatic heterocycles. The first-order valence-electron chi connectivity index (χ1n) is 37.5. The summed E-state index contributed by atoms with van der Waals surface area (Å²) in [6.07, 6.45) is 0. The fourth-order valence-corrected chi connectivity index (χ4v) is 19.5. The van der Waals surface area contributed by atoms with E-state index in [1.807, 2.05) is 22.7 Å².